The quantitative estimate of drug-likeness (QED) is 0.853. The van der Waals surface area contributed by atoms with Crippen LogP contribution >= 0.6 is 12.4 Å². The van der Waals surface area contributed by atoms with E-state index in [-0.39, 0.29) is 42.5 Å². The summed E-state index contributed by atoms with van der Waals surface area (Å²) in [5.41, 5.74) is 6.00. The Balaban J connectivity index is 0.00000289. The molecular weight excluding hydrogens is 252 g/mol. The lowest BCUT2D eigenvalue weighted by molar-refractivity contribution is -0.147. The third-order valence-electron chi connectivity index (χ3n) is 3.64. The largest absolute Gasteiger partial charge is 0.372 e. The molecule has 1 fully saturated rings. The molecule has 1 saturated heterocycles. The highest BCUT2D eigenvalue weighted by molar-refractivity contribution is 5.85. The molecule has 18 heavy (non-hydrogen) atoms. The standard InChI is InChI=1S/C13H26N2O2.ClH/c1-5-9(3)12(14)13(16)15-7-10(4)17-11(6-2)8-15;/h9-12H,5-8,14H2,1-4H3;1H. The SMILES string of the molecule is CCC1CN(C(=O)C(N)C(C)CC)CC(C)O1.Cl. The summed E-state index contributed by atoms with van der Waals surface area (Å²) in [6.45, 7) is 9.54. The van der Waals surface area contributed by atoms with Crippen LogP contribution in [0.4, 0.5) is 0 Å². The second-order valence-electron chi connectivity index (χ2n) is 5.13. The molecule has 1 aliphatic rings. The number of nitrogens with zero attached hydrogens (tertiary/aromatic N) is 1. The van der Waals surface area contributed by atoms with E-state index in [1.54, 1.807) is 0 Å². The molecule has 2 N–H and O–H groups in total. The van der Waals surface area contributed by atoms with Gasteiger partial charge in [0.15, 0.2) is 0 Å². The number of hydrogen-bond acceptors (Lipinski definition) is 3. The number of amides is 1. The first-order valence-electron chi connectivity index (χ1n) is 6.69. The van der Waals surface area contributed by atoms with Crippen molar-refractivity contribution < 1.29 is 9.53 Å². The van der Waals surface area contributed by atoms with Crippen molar-refractivity contribution in [3.63, 3.8) is 0 Å². The maximum absolute atomic E-state index is 12.3. The molecule has 0 aromatic carbocycles. The predicted octanol–water partition coefficient (Wildman–Crippen LogP) is 1.81. The van der Waals surface area contributed by atoms with Crippen LogP contribution in [-0.2, 0) is 9.53 Å². The van der Waals surface area contributed by atoms with Crippen LogP contribution < -0.4 is 5.73 Å². The third kappa shape index (κ3) is 4.41. The fourth-order valence-electron chi connectivity index (χ4n) is 2.16. The second-order valence-corrected chi connectivity index (χ2v) is 5.13. The summed E-state index contributed by atoms with van der Waals surface area (Å²) in [5.74, 6) is 0.314. The lowest BCUT2D eigenvalue weighted by atomic mass is 9.98. The van der Waals surface area contributed by atoms with Crippen molar-refractivity contribution in [3.8, 4) is 0 Å². The second kappa shape index (κ2) is 7.97. The summed E-state index contributed by atoms with van der Waals surface area (Å²) >= 11 is 0. The molecule has 5 heteroatoms. The van der Waals surface area contributed by atoms with Crippen LogP contribution in [0.2, 0.25) is 0 Å². The lowest BCUT2D eigenvalue weighted by Crippen LogP contribution is -2.55. The number of hydrogen-bond donors (Lipinski definition) is 1. The Hall–Kier alpha value is -0.320. The van der Waals surface area contributed by atoms with Gasteiger partial charge < -0.3 is 15.4 Å². The van der Waals surface area contributed by atoms with E-state index in [2.05, 4.69) is 13.8 Å². The van der Waals surface area contributed by atoms with Crippen LogP contribution in [-0.4, -0.2) is 42.1 Å². The molecule has 0 spiro atoms. The Morgan fingerprint density at radius 2 is 2.06 bits per heavy atom. The molecule has 4 unspecified atom stereocenters. The first-order valence-corrected chi connectivity index (χ1v) is 6.69. The maximum atomic E-state index is 12.3. The van der Waals surface area contributed by atoms with Gasteiger partial charge in [-0.05, 0) is 19.3 Å². The van der Waals surface area contributed by atoms with Gasteiger partial charge in [0.25, 0.3) is 0 Å². The molecule has 0 saturated carbocycles. The molecule has 0 bridgehead atoms. The smallest absolute Gasteiger partial charge is 0.239 e. The Labute approximate surface area is 117 Å². The maximum Gasteiger partial charge on any atom is 0.239 e. The zero-order valence-electron chi connectivity index (χ0n) is 11.9. The van der Waals surface area contributed by atoms with E-state index in [4.69, 9.17) is 10.5 Å². The molecule has 0 aromatic heterocycles. The van der Waals surface area contributed by atoms with E-state index in [9.17, 15) is 4.79 Å². The summed E-state index contributed by atoms with van der Waals surface area (Å²) in [6, 6.07) is -0.372. The molecule has 4 atom stereocenters. The monoisotopic (exact) mass is 278 g/mol. The van der Waals surface area contributed by atoms with Gasteiger partial charge in [-0.1, -0.05) is 27.2 Å². The number of nitrogens with two attached hydrogens (primary N) is 1. The van der Waals surface area contributed by atoms with Gasteiger partial charge >= 0.3 is 0 Å². The summed E-state index contributed by atoms with van der Waals surface area (Å²) < 4.78 is 5.75. The third-order valence-corrected chi connectivity index (χ3v) is 3.64. The number of morpholine rings is 1. The van der Waals surface area contributed by atoms with Crippen LogP contribution in [0.3, 0.4) is 0 Å². The summed E-state index contributed by atoms with van der Waals surface area (Å²) in [7, 11) is 0. The number of ether oxygens (including phenoxy) is 1. The number of carbonyl (C=O) groups excluding carboxylic acids is 1. The van der Waals surface area contributed by atoms with Gasteiger partial charge in [0.05, 0.1) is 18.2 Å². The molecule has 1 amide bonds. The molecular formula is C13H27ClN2O2. The molecule has 4 nitrogen and oxygen atoms in total. The molecule has 1 heterocycles. The van der Waals surface area contributed by atoms with Crippen molar-refractivity contribution in [2.24, 2.45) is 11.7 Å². The van der Waals surface area contributed by atoms with Gasteiger partial charge in [-0.2, -0.15) is 0 Å². The van der Waals surface area contributed by atoms with Gasteiger partial charge in [0, 0.05) is 13.1 Å². The molecule has 0 aliphatic carbocycles. The van der Waals surface area contributed by atoms with Crippen molar-refractivity contribution in [2.75, 3.05) is 13.1 Å². The number of rotatable bonds is 4. The minimum absolute atomic E-state index is 0. The lowest BCUT2D eigenvalue weighted by Gasteiger charge is -2.38. The average molecular weight is 279 g/mol. The average Bonchev–Trinajstić information content (AvgIpc) is 2.35. The zero-order valence-corrected chi connectivity index (χ0v) is 12.7. The Morgan fingerprint density at radius 3 is 2.56 bits per heavy atom. The minimum Gasteiger partial charge on any atom is -0.372 e. The van der Waals surface area contributed by atoms with Crippen molar-refractivity contribution >= 4 is 18.3 Å². The van der Waals surface area contributed by atoms with Crippen LogP contribution in [0.25, 0.3) is 0 Å². The van der Waals surface area contributed by atoms with Crippen molar-refractivity contribution in [2.45, 2.75) is 58.8 Å². The molecule has 0 aromatic rings. The van der Waals surface area contributed by atoms with Gasteiger partial charge in [-0.15, -0.1) is 12.4 Å². The van der Waals surface area contributed by atoms with E-state index in [0.29, 0.717) is 13.1 Å². The number of carbonyl (C=O) groups is 1. The van der Waals surface area contributed by atoms with E-state index in [1.165, 1.54) is 0 Å². The Kier molecular flexibility index (Phi) is 7.83. The molecule has 0 radical (unpaired) electrons. The fraction of sp³-hybridized carbons (Fsp3) is 0.923. The van der Waals surface area contributed by atoms with Crippen molar-refractivity contribution in [1.29, 1.82) is 0 Å². The highest BCUT2D eigenvalue weighted by Crippen LogP contribution is 2.16. The number of halogens is 1. The Morgan fingerprint density at radius 1 is 1.44 bits per heavy atom. The van der Waals surface area contributed by atoms with Crippen LogP contribution in [0.1, 0.15) is 40.5 Å². The summed E-state index contributed by atoms with van der Waals surface area (Å²) in [5, 5.41) is 0. The highest BCUT2D eigenvalue weighted by Gasteiger charge is 2.31. The first-order chi connectivity index (χ1) is 7.99. The topological polar surface area (TPSA) is 55.6 Å². The first kappa shape index (κ1) is 17.7. The Bertz CT molecular complexity index is 263. The molecule has 1 aliphatic heterocycles. The fourth-order valence-corrected chi connectivity index (χ4v) is 2.16. The van der Waals surface area contributed by atoms with E-state index < -0.39 is 0 Å². The van der Waals surface area contributed by atoms with E-state index in [1.807, 2.05) is 18.7 Å². The van der Waals surface area contributed by atoms with Crippen LogP contribution in [0, 0.1) is 5.92 Å². The summed E-state index contributed by atoms with van der Waals surface area (Å²) in [4.78, 5) is 14.1. The van der Waals surface area contributed by atoms with Crippen molar-refractivity contribution in [1.82, 2.24) is 4.90 Å². The zero-order chi connectivity index (χ0) is 13.0. The van der Waals surface area contributed by atoms with Gasteiger partial charge in [0.2, 0.25) is 5.91 Å². The van der Waals surface area contributed by atoms with Crippen LogP contribution in [0.15, 0.2) is 0 Å². The van der Waals surface area contributed by atoms with E-state index in [0.717, 1.165) is 12.8 Å². The van der Waals surface area contributed by atoms with E-state index >= 15 is 0 Å². The van der Waals surface area contributed by atoms with Gasteiger partial charge in [-0.3, -0.25) is 4.79 Å². The van der Waals surface area contributed by atoms with Gasteiger partial charge in [-0.25, -0.2) is 0 Å². The normalized spacial score (nSPS) is 27.3. The molecule has 1 rings (SSSR count). The molecule has 108 valence electrons. The van der Waals surface area contributed by atoms with Crippen molar-refractivity contribution in [3.05, 3.63) is 0 Å². The van der Waals surface area contributed by atoms with Crippen LogP contribution in [0.5, 0.6) is 0 Å². The minimum atomic E-state index is -0.372. The highest BCUT2D eigenvalue weighted by atomic mass is 35.5. The van der Waals surface area contributed by atoms with Gasteiger partial charge in [0.1, 0.15) is 0 Å². The summed E-state index contributed by atoms with van der Waals surface area (Å²) in [6.07, 6.45) is 2.14. The predicted molar refractivity (Wildman–Crippen MR) is 75.9 cm³/mol.